The number of rotatable bonds is 3. The Morgan fingerprint density at radius 1 is 1.47 bits per heavy atom. The molecule has 1 aliphatic heterocycles. The van der Waals surface area contributed by atoms with Gasteiger partial charge in [0, 0.05) is 19.2 Å². The number of likely N-dealkylation sites (N-methyl/N-ethyl adjacent to an activating group) is 1. The van der Waals surface area contributed by atoms with Crippen LogP contribution in [0.25, 0.3) is 0 Å². The van der Waals surface area contributed by atoms with Gasteiger partial charge in [-0.25, -0.2) is 0 Å². The first-order valence-electron chi connectivity index (χ1n) is 5.72. The molecule has 2 rings (SSSR count). The third kappa shape index (κ3) is 2.24. The standard InChI is InChI=1S/C12H16N2O3/c1-3-13-5-4-9-7-12(17-2)11(14(15)16)6-10(9)8-13/h6-7H,3-5,8H2,1-2H3. The fourth-order valence-electron chi connectivity index (χ4n) is 2.21. The van der Waals surface area contributed by atoms with Gasteiger partial charge in [0.25, 0.3) is 0 Å². The largest absolute Gasteiger partial charge is 0.490 e. The Labute approximate surface area is 100 Å². The molecule has 0 saturated heterocycles. The predicted molar refractivity (Wildman–Crippen MR) is 64.3 cm³/mol. The van der Waals surface area contributed by atoms with Crippen molar-refractivity contribution in [2.75, 3.05) is 20.2 Å². The maximum Gasteiger partial charge on any atom is 0.311 e. The summed E-state index contributed by atoms with van der Waals surface area (Å²) in [4.78, 5) is 12.8. The molecular weight excluding hydrogens is 220 g/mol. The number of nitrogens with zero attached hydrogens (tertiary/aromatic N) is 2. The quantitative estimate of drug-likeness (QED) is 0.595. The molecule has 17 heavy (non-hydrogen) atoms. The van der Waals surface area contributed by atoms with Crippen LogP contribution >= 0.6 is 0 Å². The van der Waals surface area contributed by atoms with Gasteiger partial charge in [-0.2, -0.15) is 0 Å². The summed E-state index contributed by atoms with van der Waals surface area (Å²) in [5, 5.41) is 10.9. The fourth-order valence-corrected chi connectivity index (χ4v) is 2.21. The van der Waals surface area contributed by atoms with Crippen molar-refractivity contribution in [2.24, 2.45) is 0 Å². The summed E-state index contributed by atoms with van der Waals surface area (Å²) in [6.07, 6.45) is 0.928. The van der Waals surface area contributed by atoms with Gasteiger partial charge in [0.05, 0.1) is 12.0 Å². The molecule has 1 heterocycles. The molecule has 92 valence electrons. The van der Waals surface area contributed by atoms with Gasteiger partial charge in [0.15, 0.2) is 5.75 Å². The summed E-state index contributed by atoms with van der Waals surface area (Å²) in [6, 6.07) is 3.45. The van der Waals surface area contributed by atoms with Crippen molar-refractivity contribution in [1.29, 1.82) is 0 Å². The summed E-state index contributed by atoms with van der Waals surface area (Å²) in [6.45, 7) is 4.86. The lowest BCUT2D eigenvalue weighted by atomic mass is 9.98. The average molecular weight is 236 g/mol. The third-order valence-corrected chi connectivity index (χ3v) is 3.24. The highest BCUT2D eigenvalue weighted by molar-refractivity contribution is 5.52. The zero-order valence-corrected chi connectivity index (χ0v) is 10.1. The molecule has 0 N–H and O–H groups in total. The van der Waals surface area contributed by atoms with E-state index >= 15 is 0 Å². The Kier molecular flexibility index (Phi) is 3.28. The van der Waals surface area contributed by atoms with Crippen molar-refractivity contribution < 1.29 is 9.66 Å². The molecule has 0 radical (unpaired) electrons. The second kappa shape index (κ2) is 4.71. The number of methoxy groups -OCH3 is 1. The van der Waals surface area contributed by atoms with E-state index in [1.165, 1.54) is 7.11 Å². The summed E-state index contributed by atoms with van der Waals surface area (Å²) in [5.74, 6) is 0.360. The first-order chi connectivity index (χ1) is 8.15. The van der Waals surface area contributed by atoms with Crippen LogP contribution in [0.3, 0.4) is 0 Å². The molecule has 0 unspecified atom stereocenters. The van der Waals surface area contributed by atoms with E-state index in [0.717, 1.165) is 37.2 Å². The second-order valence-corrected chi connectivity index (χ2v) is 4.17. The van der Waals surface area contributed by atoms with Gasteiger partial charge >= 0.3 is 5.69 Å². The highest BCUT2D eigenvalue weighted by Gasteiger charge is 2.22. The zero-order chi connectivity index (χ0) is 12.4. The van der Waals surface area contributed by atoms with Crippen LogP contribution in [0.1, 0.15) is 18.1 Å². The predicted octanol–water partition coefficient (Wildman–Crippen LogP) is 1.98. The van der Waals surface area contributed by atoms with E-state index in [1.54, 1.807) is 12.1 Å². The van der Waals surface area contributed by atoms with Gasteiger partial charge in [-0.3, -0.25) is 15.0 Å². The monoisotopic (exact) mass is 236 g/mol. The van der Waals surface area contributed by atoms with Gasteiger partial charge < -0.3 is 4.74 Å². The van der Waals surface area contributed by atoms with Crippen molar-refractivity contribution >= 4 is 5.69 Å². The summed E-state index contributed by atoms with van der Waals surface area (Å²) < 4.78 is 5.07. The number of benzene rings is 1. The number of nitro benzene ring substituents is 1. The normalized spacial score (nSPS) is 15.4. The van der Waals surface area contributed by atoms with Crippen molar-refractivity contribution in [1.82, 2.24) is 4.90 Å². The first kappa shape index (κ1) is 11.9. The lowest BCUT2D eigenvalue weighted by Gasteiger charge is -2.27. The minimum absolute atomic E-state index is 0.0594. The zero-order valence-electron chi connectivity index (χ0n) is 10.1. The van der Waals surface area contributed by atoms with Crippen LogP contribution in [0.5, 0.6) is 5.75 Å². The Morgan fingerprint density at radius 3 is 2.82 bits per heavy atom. The van der Waals surface area contributed by atoms with E-state index in [1.807, 2.05) is 0 Å². The number of nitro groups is 1. The van der Waals surface area contributed by atoms with E-state index in [0.29, 0.717) is 5.75 Å². The lowest BCUT2D eigenvalue weighted by Crippen LogP contribution is -2.30. The molecular formula is C12H16N2O3. The van der Waals surface area contributed by atoms with Crippen LogP contribution in [0.4, 0.5) is 5.69 Å². The Hall–Kier alpha value is -1.62. The van der Waals surface area contributed by atoms with E-state index in [2.05, 4.69) is 11.8 Å². The first-order valence-corrected chi connectivity index (χ1v) is 5.72. The van der Waals surface area contributed by atoms with Crippen LogP contribution in [0.15, 0.2) is 12.1 Å². The topological polar surface area (TPSA) is 55.6 Å². The van der Waals surface area contributed by atoms with E-state index in [4.69, 9.17) is 4.74 Å². The average Bonchev–Trinajstić information content (AvgIpc) is 2.36. The van der Waals surface area contributed by atoms with Crippen LogP contribution in [0, 0.1) is 10.1 Å². The second-order valence-electron chi connectivity index (χ2n) is 4.17. The smallest absolute Gasteiger partial charge is 0.311 e. The van der Waals surface area contributed by atoms with Gasteiger partial charge in [-0.15, -0.1) is 0 Å². The molecule has 0 aliphatic carbocycles. The maximum atomic E-state index is 10.9. The van der Waals surface area contributed by atoms with Crippen molar-refractivity contribution in [3.8, 4) is 5.75 Å². The molecule has 1 aliphatic rings. The van der Waals surface area contributed by atoms with Gasteiger partial charge in [0.1, 0.15) is 0 Å². The lowest BCUT2D eigenvalue weighted by molar-refractivity contribution is -0.385. The Balaban J connectivity index is 2.41. The van der Waals surface area contributed by atoms with Crippen LogP contribution in [-0.4, -0.2) is 30.0 Å². The minimum atomic E-state index is -0.385. The summed E-state index contributed by atoms with van der Waals surface area (Å²) >= 11 is 0. The SMILES string of the molecule is CCN1CCc2cc(OC)c([N+](=O)[O-])cc2C1. The van der Waals surface area contributed by atoms with Gasteiger partial charge in [-0.1, -0.05) is 6.92 Å². The summed E-state index contributed by atoms with van der Waals surface area (Å²) in [5.41, 5.74) is 2.27. The molecule has 0 spiro atoms. The number of fused-ring (bicyclic) bond motifs is 1. The summed E-state index contributed by atoms with van der Waals surface area (Å²) in [7, 11) is 1.47. The number of hydrogen-bond donors (Lipinski definition) is 0. The van der Waals surface area contributed by atoms with Crippen molar-refractivity contribution in [3.63, 3.8) is 0 Å². The van der Waals surface area contributed by atoms with Crippen LogP contribution < -0.4 is 4.74 Å². The maximum absolute atomic E-state index is 10.9. The molecule has 0 fully saturated rings. The number of hydrogen-bond acceptors (Lipinski definition) is 4. The highest BCUT2D eigenvalue weighted by atomic mass is 16.6. The Morgan fingerprint density at radius 2 is 2.24 bits per heavy atom. The molecule has 5 nitrogen and oxygen atoms in total. The van der Waals surface area contributed by atoms with Crippen LogP contribution in [0.2, 0.25) is 0 Å². The molecule has 5 heteroatoms. The highest BCUT2D eigenvalue weighted by Crippen LogP contribution is 2.32. The van der Waals surface area contributed by atoms with E-state index in [9.17, 15) is 10.1 Å². The van der Waals surface area contributed by atoms with Crippen LogP contribution in [-0.2, 0) is 13.0 Å². The third-order valence-electron chi connectivity index (χ3n) is 3.24. The van der Waals surface area contributed by atoms with E-state index in [-0.39, 0.29) is 10.6 Å². The van der Waals surface area contributed by atoms with Gasteiger partial charge in [-0.05, 0) is 30.2 Å². The molecule has 1 aromatic carbocycles. The van der Waals surface area contributed by atoms with Crippen molar-refractivity contribution in [2.45, 2.75) is 19.9 Å². The number of ether oxygens (including phenoxy) is 1. The molecule has 0 amide bonds. The Bertz CT molecular complexity index is 446. The molecule has 0 aromatic heterocycles. The minimum Gasteiger partial charge on any atom is -0.490 e. The molecule has 0 atom stereocenters. The van der Waals surface area contributed by atoms with Crippen molar-refractivity contribution in [3.05, 3.63) is 33.4 Å². The fraction of sp³-hybridized carbons (Fsp3) is 0.500. The van der Waals surface area contributed by atoms with Gasteiger partial charge in [0.2, 0.25) is 0 Å². The molecule has 1 aromatic rings. The molecule has 0 saturated carbocycles. The molecule has 0 bridgehead atoms. The van der Waals surface area contributed by atoms with E-state index < -0.39 is 0 Å².